The lowest BCUT2D eigenvalue weighted by atomic mass is 9.87. The van der Waals surface area contributed by atoms with E-state index >= 15 is 0 Å². The van der Waals surface area contributed by atoms with Crippen molar-refractivity contribution in [3.63, 3.8) is 0 Å². The van der Waals surface area contributed by atoms with Crippen LogP contribution >= 0.6 is 0 Å². The van der Waals surface area contributed by atoms with E-state index in [2.05, 4.69) is 15.3 Å². The Balaban J connectivity index is 2.46. The first kappa shape index (κ1) is 19.4. The molecule has 0 saturated carbocycles. The minimum Gasteiger partial charge on any atom is -0.479 e. The van der Waals surface area contributed by atoms with Crippen molar-refractivity contribution in [2.75, 3.05) is 0 Å². The zero-order valence-electron chi connectivity index (χ0n) is 14.0. The summed E-state index contributed by atoms with van der Waals surface area (Å²) in [6, 6.07) is 8.99. The predicted molar refractivity (Wildman–Crippen MR) is 85.3 cm³/mol. The number of alkyl halides is 3. The van der Waals surface area contributed by atoms with Gasteiger partial charge >= 0.3 is 12.1 Å². The van der Waals surface area contributed by atoms with Crippen LogP contribution in [-0.2, 0) is 16.5 Å². The number of halogens is 3. The fourth-order valence-electron chi connectivity index (χ4n) is 2.49. The van der Waals surface area contributed by atoms with Crippen LogP contribution in [0.5, 0.6) is 0 Å². The van der Waals surface area contributed by atoms with Gasteiger partial charge in [-0.3, -0.25) is 4.79 Å². The number of carboxylic acids is 1. The summed E-state index contributed by atoms with van der Waals surface area (Å²) < 4.78 is 38.6. The maximum atomic E-state index is 12.9. The first-order valence-electron chi connectivity index (χ1n) is 7.64. The second kappa shape index (κ2) is 7.11. The average Bonchev–Trinajstić information content (AvgIpc) is 2.58. The van der Waals surface area contributed by atoms with Crippen LogP contribution < -0.4 is 5.32 Å². The number of carbonyl (C=O) groups excluding carboxylic acids is 1. The standard InChI is InChI=1S/C17H16F3N3O3/c1-3-16(15(25)26,11-7-5-4-6-8-11)23-13(24)12-9-10(2)21-14(22-12)17(18,19)20/h4-9H,3H2,1-2H3,(H,23,24)(H,25,26). The summed E-state index contributed by atoms with van der Waals surface area (Å²) in [7, 11) is 0. The normalized spacial score (nSPS) is 13.7. The zero-order chi connectivity index (χ0) is 19.5. The molecule has 1 unspecified atom stereocenters. The molecule has 2 N–H and O–H groups in total. The number of hydrogen-bond donors (Lipinski definition) is 2. The molecule has 2 rings (SSSR count). The van der Waals surface area contributed by atoms with Crippen molar-refractivity contribution < 1.29 is 27.9 Å². The van der Waals surface area contributed by atoms with Crippen LogP contribution in [-0.4, -0.2) is 27.0 Å². The van der Waals surface area contributed by atoms with E-state index in [4.69, 9.17) is 0 Å². The lowest BCUT2D eigenvalue weighted by Crippen LogP contribution is -2.51. The van der Waals surface area contributed by atoms with E-state index in [1.807, 2.05) is 0 Å². The third kappa shape index (κ3) is 3.81. The Morgan fingerprint density at radius 2 is 1.77 bits per heavy atom. The lowest BCUT2D eigenvalue weighted by molar-refractivity contribution is -0.146. The molecule has 2 aromatic rings. The maximum Gasteiger partial charge on any atom is 0.451 e. The van der Waals surface area contributed by atoms with Crippen LogP contribution in [0.3, 0.4) is 0 Å². The number of benzene rings is 1. The Kier molecular flexibility index (Phi) is 5.29. The number of nitrogens with one attached hydrogen (secondary N) is 1. The van der Waals surface area contributed by atoms with E-state index in [0.29, 0.717) is 5.56 Å². The van der Waals surface area contributed by atoms with Crippen LogP contribution in [0.4, 0.5) is 13.2 Å². The van der Waals surface area contributed by atoms with Crippen molar-refractivity contribution >= 4 is 11.9 Å². The van der Waals surface area contributed by atoms with Crippen molar-refractivity contribution in [3.05, 3.63) is 59.2 Å². The molecule has 1 heterocycles. The molecule has 1 aromatic heterocycles. The van der Waals surface area contributed by atoms with Gasteiger partial charge in [-0.2, -0.15) is 13.2 Å². The highest BCUT2D eigenvalue weighted by Gasteiger charge is 2.41. The average molecular weight is 367 g/mol. The van der Waals surface area contributed by atoms with Gasteiger partial charge in [-0.25, -0.2) is 14.8 Å². The first-order valence-corrected chi connectivity index (χ1v) is 7.64. The smallest absolute Gasteiger partial charge is 0.451 e. The number of rotatable bonds is 5. The molecule has 0 aliphatic heterocycles. The Morgan fingerprint density at radius 3 is 2.27 bits per heavy atom. The topological polar surface area (TPSA) is 92.2 Å². The minimum absolute atomic E-state index is 0.0196. The van der Waals surface area contributed by atoms with Crippen molar-refractivity contribution in [1.29, 1.82) is 0 Å². The Bertz CT molecular complexity index is 825. The van der Waals surface area contributed by atoms with E-state index in [9.17, 15) is 27.9 Å². The first-order chi connectivity index (χ1) is 12.1. The molecular formula is C17H16F3N3O3. The number of aryl methyl sites for hydroxylation is 1. The molecule has 6 nitrogen and oxygen atoms in total. The molecule has 1 aromatic carbocycles. The van der Waals surface area contributed by atoms with Gasteiger partial charge in [0.1, 0.15) is 5.69 Å². The van der Waals surface area contributed by atoms with Gasteiger partial charge < -0.3 is 10.4 Å². The quantitative estimate of drug-likeness (QED) is 0.848. The monoisotopic (exact) mass is 367 g/mol. The minimum atomic E-state index is -4.82. The number of carboxylic acid groups (broad SMARTS) is 1. The summed E-state index contributed by atoms with van der Waals surface area (Å²) in [5, 5.41) is 12.0. The van der Waals surface area contributed by atoms with Gasteiger partial charge in [0, 0.05) is 5.69 Å². The maximum absolute atomic E-state index is 12.9. The Hall–Kier alpha value is -2.97. The predicted octanol–water partition coefficient (Wildman–Crippen LogP) is 2.92. The Morgan fingerprint density at radius 1 is 1.15 bits per heavy atom. The summed E-state index contributed by atoms with van der Waals surface area (Å²) in [6.45, 7) is 2.84. The van der Waals surface area contributed by atoms with E-state index in [1.54, 1.807) is 25.1 Å². The van der Waals surface area contributed by atoms with Crippen molar-refractivity contribution in [2.24, 2.45) is 0 Å². The zero-order valence-corrected chi connectivity index (χ0v) is 14.0. The number of aliphatic carboxylic acids is 1. The molecule has 138 valence electrons. The molecule has 1 amide bonds. The molecule has 0 bridgehead atoms. The molecule has 0 fully saturated rings. The highest BCUT2D eigenvalue weighted by Crippen LogP contribution is 2.28. The molecule has 26 heavy (non-hydrogen) atoms. The SMILES string of the molecule is CCC(NC(=O)c1cc(C)nc(C(F)(F)F)n1)(C(=O)O)c1ccccc1. The van der Waals surface area contributed by atoms with E-state index in [-0.39, 0.29) is 12.1 Å². The van der Waals surface area contributed by atoms with Crippen LogP contribution in [0.2, 0.25) is 0 Å². The number of aromatic nitrogens is 2. The van der Waals surface area contributed by atoms with Gasteiger partial charge in [-0.05, 0) is 25.0 Å². The second-order valence-corrected chi connectivity index (χ2v) is 5.60. The van der Waals surface area contributed by atoms with Crippen molar-refractivity contribution in [2.45, 2.75) is 32.0 Å². The summed E-state index contributed by atoms with van der Waals surface area (Å²) in [5.41, 5.74) is -2.12. The number of nitrogens with zero attached hydrogens (tertiary/aromatic N) is 2. The van der Waals surface area contributed by atoms with Crippen LogP contribution in [0.25, 0.3) is 0 Å². The molecule has 0 spiro atoms. The van der Waals surface area contributed by atoms with Gasteiger partial charge in [0.15, 0.2) is 5.54 Å². The lowest BCUT2D eigenvalue weighted by Gasteiger charge is -2.29. The van der Waals surface area contributed by atoms with E-state index in [1.165, 1.54) is 19.1 Å². The second-order valence-electron chi connectivity index (χ2n) is 5.60. The van der Waals surface area contributed by atoms with Crippen LogP contribution in [0.15, 0.2) is 36.4 Å². The summed E-state index contributed by atoms with van der Waals surface area (Å²) in [5.74, 6) is -3.82. The van der Waals surface area contributed by atoms with Crippen LogP contribution in [0.1, 0.15) is 40.9 Å². The Labute approximate surface area is 147 Å². The van der Waals surface area contributed by atoms with Crippen LogP contribution in [0, 0.1) is 6.92 Å². The molecule has 0 radical (unpaired) electrons. The fourth-order valence-corrected chi connectivity index (χ4v) is 2.49. The third-order valence-electron chi connectivity index (χ3n) is 3.83. The van der Waals surface area contributed by atoms with Crippen molar-refractivity contribution in [3.8, 4) is 0 Å². The highest BCUT2D eigenvalue weighted by molar-refractivity contribution is 5.96. The fraction of sp³-hybridized carbons (Fsp3) is 0.294. The highest BCUT2D eigenvalue weighted by atomic mass is 19.4. The van der Waals surface area contributed by atoms with E-state index < -0.39 is 35.1 Å². The number of carbonyl (C=O) groups is 2. The number of amides is 1. The molecule has 1 atom stereocenters. The van der Waals surface area contributed by atoms with Gasteiger partial charge in [0.25, 0.3) is 5.91 Å². The van der Waals surface area contributed by atoms with E-state index in [0.717, 1.165) is 6.07 Å². The summed E-state index contributed by atoms with van der Waals surface area (Å²) in [6.07, 6.45) is -4.84. The van der Waals surface area contributed by atoms with Gasteiger partial charge in [0.2, 0.25) is 5.82 Å². The van der Waals surface area contributed by atoms with Gasteiger partial charge in [0.05, 0.1) is 0 Å². The summed E-state index contributed by atoms with van der Waals surface area (Å²) >= 11 is 0. The van der Waals surface area contributed by atoms with Crippen molar-refractivity contribution in [1.82, 2.24) is 15.3 Å². The molecule has 0 aliphatic carbocycles. The van der Waals surface area contributed by atoms with Gasteiger partial charge in [-0.1, -0.05) is 37.3 Å². The molecular weight excluding hydrogens is 351 g/mol. The summed E-state index contributed by atoms with van der Waals surface area (Å²) in [4.78, 5) is 30.9. The largest absolute Gasteiger partial charge is 0.479 e. The molecule has 9 heteroatoms. The third-order valence-corrected chi connectivity index (χ3v) is 3.83. The van der Waals surface area contributed by atoms with Gasteiger partial charge in [-0.15, -0.1) is 0 Å². The molecule has 0 saturated heterocycles. The number of hydrogen-bond acceptors (Lipinski definition) is 4. The molecule has 0 aliphatic rings.